The Morgan fingerprint density at radius 1 is 1.24 bits per heavy atom. The minimum absolute atomic E-state index is 0.281. The Morgan fingerprint density at radius 2 is 2.00 bits per heavy atom. The second kappa shape index (κ2) is 7.71. The van der Waals surface area contributed by atoms with Gasteiger partial charge in [0.2, 0.25) is 0 Å². The van der Waals surface area contributed by atoms with E-state index in [1.807, 2.05) is 12.1 Å². The Kier molecular flexibility index (Phi) is 5.66. The van der Waals surface area contributed by atoms with E-state index in [2.05, 4.69) is 10.6 Å². The molecule has 1 unspecified atom stereocenters. The number of nitrogens with one attached hydrogen (secondary N) is 2. The first-order valence-electron chi connectivity index (χ1n) is 6.63. The summed E-state index contributed by atoms with van der Waals surface area (Å²) in [5.41, 5.74) is 0.963. The molecule has 3 N–H and O–H groups in total. The summed E-state index contributed by atoms with van der Waals surface area (Å²) in [4.78, 5) is 11.6. The van der Waals surface area contributed by atoms with Gasteiger partial charge in [0.15, 0.2) is 0 Å². The topological polar surface area (TPSA) is 74.5 Å². The number of carbonyl (C=O) groups is 1. The van der Waals surface area contributed by atoms with Crippen LogP contribution in [0, 0.1) is 0 Å². The number of carbonyl (C=O) groups excluding carboxylic acids is 1. The smallest absolute Gasteiger partial charge is 0.315 e. The molecule has 112 valence electrons. The van der Waals surface area contributed by atoms with Crippen molar-refractivity contribution in [3.63, 3.8) is 0 Å². The minimum Gasteiger partial charge on any atom is -0.467 e. The lowest BCUT2D eigenvalue weighted by molar-refractivity contribution is 0.140. The van der Waals surface area contributed by atoms with Crippen LogP contribution in [0.5, 0.6) is 0 Å². The van der Waals surface area contributed by atoms with E-state index in [0.717, 1.165) is 5.56 Å². The lowest BCUT2D eigenvalue weighted by Gasteiger charge is -2.10. The molecule has 1 atom stereocenters. The molecule has 21 heavy (non-hydrogen) atoms. The molecular formula is C15H17ClN2O3. The van der Waals surface area contributed by atoms with Crippen LogP contribution in [0.15, 0.2) is 47.1 Å². The van der Waals surface area contributed by atoms with Crippen LogP contribution in [-0.4, -0.2) is 17.7 Å². The molecule has 0 saturated carbocycles. The van der Waals surface area contributed by atoms with Crippen molar-refractivity contribution in [2.45, 2.75) is 19.1 Å². The van der Waals surface area contributed by atoms with Gasteiger partial charge in [-0.2, -0.15) is 0 Å². The molecule has 0 aliphatic heterocycles. The standard InChI is InChI=1S/C15H17ClN2O3/c16-12-5-3-11(4-6-12)10-18-15(20)17-8-7-13(19)14-2-1-9-21-14/h1-6,9,13,19H,7-8,10H2,(H2,17,18,20). The van der Waals surface area contributed by atoms with Crippen molar-refractivity contribution >= 4 is 17.6 Å². The van der Waals surface area contributed by atoms with Crippen molar-refractivity contribution in [3.8, 4) is 0 Å². The van der Waals surface area contributed by atoms with E-state index in [1.165, 1.54) is 6.26 Å². The van der Waals surface area contributed by atoms with Crippen molar-refractivity contribution in [2.24, 2.45) is 0 Å². The first-order valence-corrected chi connectivity index (χ1v) is 7.00. The average Bonchev–Trinajstić information content (AvgIpc) is 3.01. The molecule has 0 radical (unpaired) electrons. The zero-order valence-electron chi connectivity index (χ0n) is 11.4. The summed E-state index contributed by atoms with van der Waals surface area (Å²) in [5, 5.41) is 15.8. The van der Waals surface area contributed by atoms with Crippen LogP contribution in [0.2, 0.25) is 5.02 Å². The third-order valence-corrected chi connectivity index (χ3v) is 3.19. The lowest BCUT2D eigenvalue weighted by atomic mass is 10.2. The van der Waals surface area contributed by atoms with Crippen LogP contribution in [0.3, 0.4) is 0 Å². The Morgan fingerprint density at radius 3 is 2.67 bits per heavy atom. The first kappa shape index (κ1) is 15.4. The lowest BCUT2D eigenvalue weighted by Crippen LogP contribution is -2.36. The van der Waals surface area contributed by atoms with Gasteiger partial charge in [-0.25, -0.2) is 4.79 Å². The summed E-state index contributed by atoms with van der Waals surface area (Å²) in [6, 6.07) is 10.4. The maximum Gasteiger partial charge on any atom is 0.315 e. The highest BCUT2D eigenvalue weighted by atomic mass is 35.5. The summed E-state index contributed by atoms with van der Waals surface area (Å²) in [6.45, 7) is 0.776. The van der Waals surface area contributed by atoms with Crippen LogP contribution >= 0.6 is 11.6 Å². The summed E-state index contributed by atoms with van der Waals surface area (Å²) < 4.78 is 5.08. The molecule has 2 aromatic rings. The fourth-order valence-corrected chi connectivity index (χ4v) is 1.92. The van der Waals surface area contributed by atoms with Gasteiger partial charge in [-0.05, 0) is 36.2 Å². The molecule has 0 saturated heterocycles. The van der Waals surface area contributed by atoms with E-state index in [9.17, 15) is 9.90 Å². The van der Waals surface area contributed by atoms with Crippen molar-refractivity contribution in [3.05, 3.63) is 59.0 Å². The highest BCUT2D eigenvalue weighted by Crippen LogP contribution is 2.15. The largest absolute Gasteiger partial charge is 0.467 e. The van der Waals surface area contributed by atoms with Gasteiger partial charge in [0.25, 0.3) is 0 Å². The highest BCUT2D eigenvalue weighted by molar-refractivity contribution is 6.30. The van der Waals surface area contributed by atoms with Gasteiger partial charge in [-0.3, -0.25) is 0 Å². The number of benzene rings is 1. The predicted molar refractivity (Wildman–Crippen MR) is 80.0 cm³/mol. The van der Waals surface area contributed by atoms with Gasteiger partial charge in [0.1, 0.15) is 11.9 Å². The van der Waals surface area contributed by atoms with E-state index in [1.54, 1.807) is 24.3 Å². The van der Waals surface area contributed by atoms with E-state index < -0.39 is 6.10 Å². The number of hydrogen-bond acceptors (Lipinski definition) is 3. The Balaban J connectivity index is 1.64. The molecular weight excluding hydrogens is 292 g/mol. The van der Waals surface area contributed by atoms with Crippen LogP contribution in [0.4, 0.5) is 4.79 Å². The van der Waals surface area contributed by atoms with E-state index in [0.29, 0.717) is 30.3 Å². The van der Waals surface area contributed by atoms with Crippen molar-refractivity contribution in [1.82, 2.24) is 10.6 Å². The van der Waals surface area contributed by atoms with Crippen molar-refractivity contribution in [2.75, 3.05) is 6.54 Å². The van der Waals surface area contributed by atoms with E-state index >= 15 is 0 Å². The van der Waals surface area contributed by atoms with Gasteiger partial charge in [0.05, 0.1) is 6.26 Å². The number of urea groups is 1. The fourth-order valence-electron chi connectivity index (χ4n) is 1.79. The fraction of sp³-hybridized carbons (Fsp3) is 0.267. The summed E-state index contributed by atoms with van der Waals surface area (Å²) >= 11 is 5.78. The molecule has 0 aliphatic rings. The Bertz CT molecular complexity index is 555. The quantitative estimate of drug-likeness (QED) is 0.768. The average molecular weight is 309 g/mol. The molecule has 0 fully saturated rings. The second-order valence-electron chi connectivity index (χ2n) is 4.56. The van der Waals surface area contributed by atoms with Crippen LogP contribution in [0.25, 0.3) is 0 Å². The molecule has 1 heterocycles. The second-order valence-corrected chi connectivity index (χ2v) is 4.99. The number of halogens is 1. The van der Waals surface area contributed by atoms with Crippen molar-refractivity contribution in [1.29, 1.82) is 0 Å². The molecule has 5 nitrogen and oxygen atoms in total. The molecule has 2 amide bonds. The zero-order chi connectivity index (χ0) is 15.1. The first-order chi connectivity index (χ1) is 10.1. The van der Waals surface area contributed by atoms with E-state index in [4.69, 9.17) is 16.0 Å². The monoisotopic (exact) mass is 308 g/mol. The van der Waals surface area contributed by atoms with E-state index in [-0.39, 0.29) is 6.03 Å². The number of rotatable bonds is 6. The predicted octanol–water partition coefficient (Wildman–Crippen LogP) is 2.86. The van der Waals surface area contributed by atoms with Crippen LogP contribution in [0.1, 0.15) is 23.8 Å². The van der Waals surface area contributed by atoms with Crippen LogP contribution in [-0.2, 0) is 6.54 Å². The normalized spacial score (nSPS) is 11.9. The molecule has 2 rings (SSSR count). The maximum atomic E-state index is 11.6. The van der Waals surface area contributed by atoms with Crippen LogP contribution < -0.4 is 10.6 Å². The highest BCUT2D eigenvalue weighted by Gasteiger charge is 2.10. The number of amides is 2. The van der Waals surface area contributed by atoms with Gasteiger partial charge >= 0.3 is 6.03 Å². The number of hydrogen-bond donors (Lipinski definition) is 3. The Labute approximate surface area is 127 Å². The van der Waals surface area contributed by atoms with Gasteiger partial charge in [-0.15, -0.1) is 0 Å². The van der Waals surface area contributed by atoms with Crippen molar-refractivity contribution < 1.29 is 14.3 Å². The summed E-state index contributed by atoms with van der Waals surface area (Å²) in [6.07, 6.45) is 1.18. The zero-order valence-corrected chi connectivity index (χ0v) is 12.1. The number of aliphatic hydroxyl groups excluding tert-OH is 1. The third kappa shape index (κ3) is 5.13. The number of aliphatic hydroxyl groups is 1. The molecule has 0 bridgehead atoms. The molecule has 0 aliphatic carbocycles. The van der Waals surface area contributed by atoms with Gasteiger partial charge in [-0.1, -0.05) is 23.7 Å². The van der Waals surface area contributed by atoms with Gasteiger partial charge in [0, 0.05) is 18.1 Å². The summed E-state index contributed by atoms with van der Waals surface area (Å²) in [7, 11) is 0. The SMILES string of the molecule is O=C(NCCC(O)c1ccco1)NCc1ccc(Cl)cc1. The molecule has 6 heteroatoms. The number of furan rings is 1. The molecule has 1 aromatic heterocycles. The molecule has 1 aromatic carbocycles. The minimum atomic E-state index is -0.712. The Hall–Kier alpha value is -1.98. The summed E-state index contributed by atoms with van der Waals surface area (Å²) in [5.74, 6) is 0.498. The van der Waals surface area contributed by atoms with Gasteiger partial charge < -0.3 is 20.2 Å². The maximum absolute atomic E-state index is 11.6. The third-order valence-electron chi connectivity index (χ3n) is 2.94. The molecule has 0 spiro atoms.